The minimum atomic E-state index is -3.51. The second-order valence-electron chi connectivity index (χ2n) is 5.62. The van der Waals surface area contributed by atoms with Gasteiger partial charge in [0.15, 0.2) is 0 Å². The number of rotatable bonds is 6. The number of sulfonamides is 1. The van der Waals surface area contributed by atoms with Gasteiger partial charge in [-0.2, -0.15) is 0 Å². The van der Waals surface area contributed by atoms with Crippen LogP contribution in [0.1, 0.15) is 23.2 Å². The number of hydrazine groups is 1. The van der Waals surface area contributed by atoms with Crippen LogP contribution in [0, 0.1) is 5.82 Å². The summed E-state index contributed by atoms with van der Waals surface area (Å²) >= 11 is 3.18. The Kier molecular flexibility index (Phi) is 5.07. The van der Waals surface area contributed by atoms with Crippen molar-refractivity contribution >= 4 is 37.5 Å². The van der Waals surface area contributed by atoms with Crippen molar-refractivity contribution in [2.45, 2.75) is 23.8 Å². The molecule has 6 nitrogen and oxygen atoms in total. The van der Waals surface area contributed by atoms with Crippen LogP contribution in [-0.4, -0.2) is 20.4 Å². The Hall–Kier alpha value is -1.97. The van der Waals surface area contributed by atoms with Crippen molar-refractivity contribution < 1.29 is 17.6 Å². The lowest BCUT2D eigenvalue weighted by Crippen LogP contribution is -2.30. The van der Waals surface area contributed by atoms with Gasteiger partial charge in [0.25, 0.3) is 5.91 Å². The third kappa shape index (κ3) is 4.56. The fourth-order valence-corrected chi connectivity index (χ4v) is 3.81. The van der Waals surface area contributed by atoms with E-state index in [0.29, 0.717) is 10.2 Å². The molecule has 0 heterocycles. The van der Waals surface area contributed by atoms with Gasteiger partial charge in [0.2, 0.25) is 10.0 Å². The van der Waals surface area contributed by atoms with E-state index in [-0.39, 0.29) is 16.5 Å². The lowest BCUT2D eigenvalue weighted by atomic mass is 10.2. The summed E-state index contributed by atoms with van der Waals surface area (Å²) < 4.78 is 40.4. The summed E-state index contributed by atoms with van der Waals surface area (Å²) in [4.78, 5) is 12.2. The lowest BCUT2D eigenvalue weighted by Gasteiger charge is -2.11. The normalized spacial score (nSPS) is 14.2. The van der Waals surface area contributed by atoms with Gasteiger partial charge in [-0.05, 0) is 71.2 Å². The zero-order chi connectivity index (χ0) is 18.0. The van der Waals surface area contributed by atoms with Crippen LogP contribution in [0.15, 0.2) is 51.8 Å². The molecule has 2 aromatic carbocycles. The molecular formula is C16H15BrFN3O3S. The highest BCUT2D eigenvalue weighted by Crippen LogP contribution is 2.23. The Morgan fingerprint density at radius 2 is 1.80 bits per heavy atom. The summed E-state index contributed by atoms with van der Waals surface area (Å²) in [6.45, 7) is 0. The molecule has 0 aliphatic heterocycles. The minimum Gasteiger partial charge on any atom is -0.298 e. The van der Waals surface area contributed by atoms with Crippen LogP contribution in [0.4, 0.5) is 10.1 Å². The number of hydrogen-bond acceptors (Lipinski definition) is 4. The first-order chi connectivity index (χ1) is 11.8. The average Bonchev–Trinajstić information content (AvgIpc) is 3.38. The van der Waals surface area contributed by atoms with Crippen LogP contribution in [0.2, 0.25) is 0 Å². The van der Waals surface area contributed by atoms with Crippen LogP contribution >= 0.6 is 15.9 Å². The van der Waals surface area contributed by atoms with E-state index in [4.69, 9.17) is 0 Å². The van der Waals surface area contributed by atoms with Crippen LogP contribution in [-0.2, 0) is 10.0 Å². The lowest BCUT2D eigenvalue weighted by molar-refractivity contribution is 0.0961. The summed E-state index contributed by atoms with van der Waals surface area (Å²) in [5.74, 6) is -1.05. The summed E-state index contributed by atoms with van der Waals surface area (Å²) in [6.07, 6.45) is 1.72. The second-order valence-corrected chi connectivity index (χ2v) is 8.19. The van der Waals surface area contributed by atoms with Gasteiger partial charge in [-0.25, -0.2) is 17.5 Å². The van der Waals surface area contributed by atoms with Gasteiger partial charge in [0.1, 0.15) is 5.82 Å². The van der Waals surface area contributed by atoms with E-state index >= 15 is 0 Å². The fourth-order valence-electron chi connectivity index (χ4n) is 2.07. The summed E-state index contributed by atoms with van der Waals surface area (Å²) in [5, 5.41) is 0. The largest absolute Gasteiger partial charge is 0.298 e. The number of halogens is 2. The average molecular weight is 428 g/mol. The summed E-state index contributed by atoms with van der Waals surface area (Å²) in [5.41, 5.74) is 5.73. The summed E-state index contributed by atoms with van der Waals surface area (Å²) in [6, 6.07) is 9.77. The standard InChI is InChI=1S/C16H15BrFN3O3S/c17-15-8-1-10(18)9-14(15)16(22)20-19-11-4-6-13(7-5-11)25(23,24)21-12-2-3-12/h1,4-9,12,19,21H,2-3H2,(H,20,22). The molecule has 2 aromatic rings. The molecule has 0 bridgehead atoms. The zero-order valence-corrected chi connectivity index (χ0v) is 15.3. The molecule has 25 heavy (non-hydrogen) atoms. The molecule has 132 valence electrons. The molecule has 0 radical (unpaired) electrons. The van der Waals surface area contributed by atoms with E-state index in [9.17, 15) is 17.6 Å². The van der Waals surface area contributed by atoms with Crippen molar-refractivity contribution in [1.82, 2.24) is 10.1 Å². The molecule has 3 N–H and O–H groups in total. The van der Waals surface area contributed by atoms with Gasteiger partial charge in [-0.15, -0.1) is 0 Å². The Labute approximate surface area is 153 Å². The Bertz CT molecular complexity index is 899. The van der Waals surface area contributed by atoms with Gasteiger partial charge >= 0.3 is 0 Å². The van der Waals surface area contributed by atoms with Crippen molar-refractivity contribution in [2.75, 3.05) is 5.43 Å². The van der Waals surface area contributed by atoms with Crippen molar-refractivity contribution in [2.24, 2.45) is 0 Å². The first kappa shape index (κ1) is 17.8. The maximum absolute atomic E-state index is 13.2. The van der Waals surface area contributed by atoms with E-state index in [1.165, 1.54) is 36.4 Å². The SMILES string of the molecule is O=C(NNc1ccc(S(=O)(=O)NC2CC2)cc1)c1cc(F)ccc1Br. The molecule has 9 heteroatoms. The molecule has 0 aromatic heterocycles. The number of nitrogens with one attached hydrogen (secondary N) is 3. The van der Waals surface area contributed by atoms with E-state index in [2.05, 4.69) is 31.5 Å². The fraction of sp³-hybridized carbons (Fsp3) is 0.188. The quantitative estimate of drug-likeness (QED) is 0.618. The molecule has 1 saturated carbocycles. The molecule has 0 unspecified atom stereocenters. The second kappa shape index (κ2) is 7.11. The van der Waals surface area contributed by atoms with Crippen molar-refractivity contribution in [3.8, 4) is 0 Å². The topological polar surface area (TPSA) is 87.3 Å². The molecular weight excluding hydrogens is 413 g/mol. The molecule has 1 aliphatic rings. The Morgan fingerprint density at radius 3 is 2.44 bits per heavy atom. The molecule has 3 rings (SSSR count). The molecule has 1 fully saturated rings. The maximum atomic E-state index is 13.2. The van der Waals surface area contributed by atoms with Crippen LogP contribution in [0.3, 0.4) is 0 Å². The molecule has 0 spiro atoms. The van der Waals surface area contributed by atoms with E-state index < -0.39 is 21.7 Å². The first-order valence-corrected chi connectivity index (χ1v) is 9.76. The maximum Gasteiger partial charge on any atom is 0.270 e. The highest BCUT2D eigenvalue weighted by Gasteiger charge is 2.27. The number of amides is 1. The van der Waals surface area contributed by atoms with E-state index in [0.717, 1.165) is 18.9 Å². The van der Waals surface area contributed by atoms with E-state index in [1.807, 2.05) is 0 Å². The minimum absolute atomic E-state index is 0.0341. The van der Waals surface area contributed by atoms with Gasteiger partial charge < -0.3 is 0 Å². The zero-order valence-electron chi connectivity index (χ0n) is 12.9. The van der Waals surface area contributed by atoms with Crippen LogP contribution in [0.25, 0.3) is 0 Å². The smallest absolute Gasteiger partial charge is 0.270 e. The number of carbonyl (C=O) groups is 1. The summed E-state index contributed by atoms with van der Waals surface area (Å²) in [7, 11) is -3.51. The van der Waals surface area contributed by atoms with Gasteiger partial charge in [0.05, 0.1) is 16.1 Å². The van der Waals surface area contributed by atoms with Crippen molar-refractivity contribution in [1.29, 1.82) is 0 Å². The monoisotopic (exact) mass is 427 g/mol. The van der Waals surface area contributed by atoms with Gasteiger partial charge in [0, 0.05) is 10.5 Å². The third-order valence-electron chi connectivity index (χ3n) is 3.56. The van der Waals surface area contributed by atoms with Gasteiger partial charge in [-0.1, -0.05) is 0 Å². The Morgan fingerprint density at radius 1 is 1.12 bits per heavy atom. The highest BCUT2D eigenvalue weighted by atomic mass is 79.9. The Balaban J connectivity index is 1.63. The van der Waals surface area contributed by atoms with Crippen LogP contribution < -0.4 is 15.6 Å². The van der Waals surface area contributed by atoms with Gasteiger partial charge in [-0.3, -0.25) is 15.6 Å². The van der Waals surface area contributed by atoms with Crippen molar-refractivity contribution in [3.05, 3.63) is 58.3 Å². The predicted molar refractivity (Wildman–Crippen MR) is 95.0 cm³/mol. The third-order valence-corrected chi connectivity index (χ3v) is 5.79. The van der Waals surface area contributed by atoms with E-state index in [1.54, 1.807) is 0 Å². The van der Waals surface area contributed by atoms with Crippen molar-refractivity contribution in [3.63, 3.8) is 0 Å². The molecule has 0 saturated heterocycles. The molecule has 0 atom stereocenters. The molecule has 1 amide bonds. The number of benzene rings is 2. The first-order valence-electron chi connectivity index (χ1n) is 7.49. The number of hydrogen-bond donors (Lipinski definition) is 3. The predicted octanol–water partition coefficient (Wildman–Crippen LogP) is 2.79. The van der Waals surface area contributed by atoms with Crippen LogP contribution in [0.5, 0.6) is 0 Å². The number of anilines is 1. The highest BCUT2D eigenvalue weighted by molar-refractivity contribution is 9.10. The molecule has 1 aliphatic carbocycles. The number of carbonyl (C=O) groups excluding carboxylic acids is 1.